The summed E-state index contributed by atoms with van der Waals surface area (Å²) >= 11 is 0. The van der Waals surface area contributed by atoms with Gasteiger partial charge in [0.1, 0.15) is 11.5 Å². The average molecular weight is 435 g/mol. The van der Waals surface area contributed by atoms with Crippen LogP contribution in [-0.2, 0) is 6.42 Å². The number of rotatable bonds is 7. The second-order valence-electron chi connectivity index (χ2n) is 7.35. The Hall–Kier alpha value is -4.54. The number of nitriles is 1. The number of primary amides is 1. The Morgan fingerprint density at radius 3 is 2.52 bits per heavy atom. The topological polar surface area (TPSA) is 128 Å². The molecule has 4 N–H and O–H groups in total. The molecule has 33 heavy (non-hydrogen) atoms. The molecular formula is C26H21N5O2. The minimum absolute atomic E-state index is 0.341. The summed E-state index contributed by atoms with van der Waals surface area (Å²) in [6.45, 7) is 0.584. The molecule has 0 aliphatic carbocycles. The predicted octanol–water partition coefficient (Wildman–Crippen LogP) is 4.07. The summed E-state index contributed by atoms with van der Waals surface area (Å²) in [6, 6.07) is 24.1. The highest BCUT2D eigenvalue weighted by Gasteiger charge is 2.14. The zero-order chi connectivity index (χ0) is 23.2. The Morgan fingerprint density at radius 2 is 1.79 bits per heavy atom. The number of ether oxygens (including phenoxy) is 1. The summed E-state index contributed by atoms with van der Waals surface area (Å²) in [5, 5.41) is 17.5. The van der Waals surface area contributed by atoms with Gasteiger partial charge in [-0.2, -0.15) is 15.5 Å². The van der Waals surface area contributed by atoms with Crippen LogP contribution in [-0.4, -0.2) is 22.6 Å². The number of benzene rings is 3. The summed E-state index contributed by atoms with van der Waals surface area (Å²) in [6.07, 6.45) is 2.28. The second kappa shape index (κ2) is 9.73. The SMILES string of the molecule is N#Cc1ccc(-c2ccc(CCN)cc2)c(Oc2cnnc(-c3ccccc3C(N)=O)c2)c1. The number of nitrogens with two attached hydrogens (primary N) is 2. The van der Waals surface area contributed by atoms with E-state index >= 15 is 0 Å². The fourth-order valence-corrected chi connectivity index (χ4v) is 3.52. The van der Waals surface area contributed by atoms with Crippen molar-refractivity contribution in [3.63, 3.8) is 0 Å². The smallest absolute Gasteiger partial charge is 0.249 e. The van der Waals surface area contributed by atoms with Crippen LogP contribution in [0.15, 0.2) is 79.0 Å². The number of nitrogens with zero attached hydrogens (tertiary/aromatic N) is 3. The van der Waals surface area contributed by atoms with E-state index in [-0.39, 0.29) is 0 Å². The first-order chi connectivity index (χ1) is 16.1. The summed E-state index contributed by atoms with van der Waals surface area (Å²) in [7, 11) is 0. The molecule has 0 saturated carbocycles. The molecular weight excluding hydrogens is 414 g/mol. The van der Waals surface area contributed by atoms with Crippen LogP contribution in [0, 0.1) is 11.3 Å². The number of hydrogen-bond donors (Lipinski definition) is 2. The lowest BCUT2D eigenvalue weighted by molar-refractivity contribution is 0.100. The van der Waals surface area contributed by atoms with Gasteiger partial charge in [-0.1, -0.05) is 42.5 Å². The van der Waals surface area contributed by atoms with E-state index in [1.807, 2.05) is 30.3 Å². The van der Waals surface area contributed by atoms with Gasteiger partial charge in [0.2, 0.25) is 5.91 Å². The van der Waals surface area contributed by atoms with Gasteiger partial charge >= 0.3 is 0 Å². The van der Waals surface area contributed by atoms with Crippen molar-refractivity contribution in [2.45, 2.75) is 6.42 Å². The Labute approximate surface area is 191 Å². The average Bonchev–Trinajstić information content (AvgIpc) is 2.85. The molecule has 0 bridgehead atoms. The number of aromatic nitrogens is 2. The molecule has 3 aromatic carbocycles. The Bertz CT molecular complexity index is 1340. The molecule has 7 nitrogen and oxygen atoms in total. The maximum Gasteiger partial charge on any atom is 0.249 e. The predicted molar refractivity (Wildman–Crippen MR) is 125 cm³/mol. The van der Waals surface area contributed by atoms with Gasteiger partial charge in [-0.05, 0) is 48.4 Å². The van der Waals surface area contributed by atoms with Crippen molar-refractivity contribution in [2.75, 3.05) is 6.54 Å². The van der Waals surface area contributed by atoms with E-state index in [2.05, 4.69) is 16.3 Å². The lowest BCUT2D eigenvalue weighted by atomic mass is 10.0. The fourth-order valence-electron chi connectivity index (χ4n) is 3.52. The molecule has 0 saturated heterocycles. The van der Waals surface area contributed by atoms with Crippen molar-refractivity contribution >= 4 is 5.91 Å². The van der Waals surface area contributed by atoms with E-state index in [0.29, 0.717) is 40.4 Å². The van der Waals surface area contributed by atoms with Crippen LogP contribution in [0.5, 0.6) is 11.5 Å². The first kappa shape index (κ1) is 21.7. The first-order valence-electron chi connectivity index (χ1n) is 10.3. The van der Waals surface area contributed by atoms with E-state index in [1.165, 1.54) is 6.20 Å². The van der Waals surface area contributed by atoms with Gasteiger partial charge in [-0.25, -0.2) is 0 Å². The maximum atomic E-state index is 11.8. The molecule has 0 fully saturated rings. The highest BCUT2D eigenvalue weighted by molar-refractivity contribution is 5.99. The highest BCUT2D eigenvalue weighted by atomic mass is 16.5. The van der Waals surface area contributed by atoms with Crippen molar-refractivity contribution in [3.8, 4) is 40.0 Å². The Kier molecular flexibility index (Phi) is 6.39. The minimum Gasteiger partial charge on any atom is -0.455 e. The standard InChI is InChI=1S/C26H21N5O2/c27-12-11-17-5-8-19(9-6-17)21-10-7-18(15-28)13-25(21)33-20-14-24(31-30-16-20)22-3-1-2-4-23(22)26(29)32/h1-10,13-14,16H,11-12,27H2,(H2,29,32). The number of carbonyl (C=O) groups is 1. The Morgan fingerprint density at radius 1 is 1.00 bits per heavy atom. The molecule has 0 radical (unpaired) electrons. The summed E-state index contributed by atoms with van der Waals surface area (Å²) in [5.41, 5.74) is 15.9. The van der Waals surface area contributed by atoms with Crippen LogP contribution in [0.1, 0.15) is 21.5 Å². The summed E-state index contributed by atoms with van der Waals surface area (Å²) in [5.74, 6) is 0.360. The molecule has 1 amide bonds. The summed E-state index contributed by atoms with van der Waals surface area (Å²) < 4.78 is 6.16. The zero-order valence-electron chi connectivity index (χ0n) is 17.7. The first-order valence-corrected chi connectivity index (χ1v) is 10.3. The Balaban J connectivity index is 1.72. The van der Waals surface area contributed by atoms with Gasteiger partial charge in [-0.15, -0.1) is 0 Å². The normalized spacial score (nSPS) is 10.4. The van der Waals surface area contributed by atoms with E-state index in [4.69, 9.17) is 16.2 Å². The van der Waals surface area contributed by atoms with Crippen molar-refractivity contribution in [3.05, 3.63) is 95.7 Å². The van der Waals surface area contributed by atoms with Crippen LogP contribution in [0.3, 0.4) is 0 Å². The van der Waals surface area contributed by atoms with Gasteiger partial charge in [0, 0.05) is 22.8 Å². The van der Waals surface area contributed by atoms with Crippen molar-refractivity contribution in [1.82, 2.24) is 10.2 Å². The third-order valence-corrected chi connectivity index (χ3v) is 5.13. The lowest BCUT2D eigenvalue weighted by Crippen LogP contribution is -2.12. The number of amides is 1. The largest absolute Gasteiger partial charge is 0.455 e. The van der Waals surface area contributed by atoms with Crippen molar-refractivity contribution < 1.29 is 9.53 Å². The van der Waals surface area contributed by atoms with Crippen molar-refractivity contribution in [1.29, 1.82) is 5.26 Å². The summed E-state index contributed by atoms with van der Waals surface area (Å²) in [4.78, 5) is 11.8. The monoisotopic (exact) mass is 435 g/mol. The second-order valence-corrected chi connectivity index (χ2v) is 7.35. The molecule has 0 spiro atoms. The minimum atomic E-state index is -0.555. The molecule has 0 atom stereocenters. The molecule has 1 aromatic heterocycles. The van der Waals surface area contributed by atoms with E-state index in [0.717, 1.165) is 23.1 Å². The fraction of sp³-hybridized carbons (Fsp3) is 0.0769. The molecule has 7 heteroatoms. The lowest BCUT2D eigenvalue weighted by Gasteiger charge is -2.13. The van der Waals surface area contributed by atoms with Crippen LogP contribution >= 0.6 is 0 Å². The van der Waals surface area contributed by atoms with Crippen LogP contribution in [0.2, 0.25) is 0 Å². The van der Waals surface area contributed by atoms with Gasteiger partial charge in [0.15, 0.2) is 0 Å². The third-order valence-electron chi connectivity index (χ3n) is 5.13. The number of hydrogen-bond acceptors (Lipinski definition) is 6. The van der Waals surface area contributed by atoms with E-state index < -0.39 is 5.91 Å². The molecule has 0 unspecified atom stereocenters. The van der Waals surface area contributed by atoms with Gasteiger partial charge in [0.25, 0.3) is 0 Å². The molecule has 4 aromatic rings. The third kappa shape index (κ3) is 4.87. The molecule has 0 aliphatic heterocycles. The number of carbonyl (C=O) groups excluding carboxylic acids is 1. The van der Waals surface area contributed by atoms with E-state index in [9.17, 15) is 10.1 Å². The van der Waals surface area contributed by atoms with Gasteiger partial charge < -0.3 is 16.2 Å². The van der Waals surface area contributed by atoms with Gasteiger partial charge in [-0.3, -0.25) is 4.79 Å². The van der Waals surface area contributed by atoms with Crippen LogP contribution < -0.4 is 16.2 Å². The van der Waals surface area contributed by atoms with Crippen molar-refractivity contribution in [2.24, 2.45) is 11.5 Å². The van der Waals surface area contributed by atoms with E-state index in [1.54, 1.807) is 42.5 Å². The van der Waals surface area contributed by atoms with Crippen LogP contribution in [0.25, 0.3) is 22.4 Å². The zero-order valence-corrected chi connectivity index (χ0v) is 17.7. The molecule has 1 heterocycles. The highest BCUT2D eigenvalue weighted by Crippen LogP contribution is 2.35. The van der Waals surface area contributed by atoms with Crippen LogP contribution in [0.4, 0.5) is 0 Å². The molecule has 4 rings (SSSR count). The molecule has 0 aliphatic rings. The molecule has 162 valence electrons. The van der Waals surface area contributed by atoms with Gasteiger partial charge in [0.05, 0.1) is 23.5 Å². The quantitative estimate of drug-likeness (QED) is 0.450. The maximum absolute atomic E-state index is 11.8.